The van der Waals surface area contributed by atoms with E-state index in [0.717, 1.165) is 18.9 Å². The fraction of sp³-hybridized carbons (Fsp3) is 0.208. The van der Waals surface area contributed by atoms with Gasteiger partial charge in [0.1, 0.15) is 28.0 Å². The third kappa shape index (κ3) is 5.93. The molecule has 0 radical (unpaired) electrons. The highest BCUT2D eigenvalue weighted by Gasteiger charge is 2.30. The van der Waals surface area contributed by atoms with Crippen LogP contribution in [0.5, 0.6) is 0 Å². The van der Waals surface area contributed by atoms with E-state index < -0.39 is 28.1 Å². The average Bonchev–Trinajstić information content (AvgIpc) is 3.19. The van der Waals surface area contributed by atoms with E-state index in [1.807, 2.05) is 22.9 Å². The van der Waals surface area contributed by atoms with E-state index >= 15 is 0 Å². The molecule has 0 N–H and O–H groups in total. The molecular formula is C24H21Cl2IN4O4S. The molecule has 0 unspecified atom stereocenters. The molecule has 8 nitrogen and oxygen atoms in total. The van der Waals surface area contributed by atoms with Crippen molar-refractivity contribution in [1.29, 1.82) is 0 Å². The molecule has 0 saturated heterocycles. The fourth-order valence-corrected chi connectivity index (χ4v) is 6.08. The molecule has 0 aliphatic carbocycles. The van der Waals surface area contributed by atoms with Gasteiger partial charge in [0.15, 0.2) is 0 Å². The first-order valence-corrected chi connectivity index (χ1v) is 13.9. The first kappa shape index (κ1) is 26.6. The van der Waals surface area contributed by atoms with E-state index in [1.54, 1.807) is 39.0 Å². The van der Waals surface area contributed by atoms with E-state index in [4.69, 9.17) is 27.9 Å². The van der Waals surface area contributed by atoms with Crippen LogP contribution in [-0.4, -0.2) is 41.1 Å². The smallest absolute Gasteiger partial charge is 0.327 e. The van der Waals surface area contributed by atoms with Gasteiger partial charge < -0.3 is 9.30 Å². The number of benzene rings is 2. The quantitative estimate of drug-likeness (QED) is 0.146. The van der Waals surface area contributed by atoms with Crippen LogP contribution in [-0.2, 0) is 19.6 Å². The lowest BCUT2D eigenvalue weighted by atomic mass is 10.2. The Balaban J connectivity index is 1.81. The molecular weight excluding hydrogens is 638 g/mol. The number of carbonyl (C=O) groups excluding carboxylic acids is 1. The van der Waals surface area contributed by atoms with Crippen molar-refractivity contribution in [3.63, 3.8) is 0 Å². The van der Waals surface area contributed by atoms with E-state index in [-0.39, 0.29) is 20.6 Å². The van der Waals surface area contributed by atoms with Gasteiger partial charge in [-0.05, 0) is 85.8 Å². The number of hydrogen-bond donors (Lipinski definition) is 0. The van der Waals surface area contributed by atoms with Crippen molar-refractivity contribution in [2.45, 2.75) is 31.3 Å². The zero-order chi connectivity index (χ0) is 26.3. The molecule has 4 rings (SSSR count). The predicted molar refractivity (Wildman–Crippen MR) is 148 cm³/mol. The van der Waals surface area contributed by atoms with Crippen molar-refractivity contribution < 1.29 is 17.9 Å². The van der Waals surface area contributed by atoms with Gasteiger partial charge in [0.05, 0.1) is 16.1 Å². The van der Waals surface area contributed by atoms with Crippen molar-refractivity contribution in [3.05, 3.63) is 74.8 Å². The largest absolute Gasteiger partial charge is 0.459 e. The number of ether oxygens (including phenoxy) is 1. The summed E-state index contributed by atoms with van der Waals surface area (Å²) >= 11 is 14.3. The summed E-state index contributed by atoms with van der Waals surface area (Å²) in [5.41, 5.74) is 0.287. The van der Waals surface area contributed by atoms with E-state index in [2.05, 4.69) is 32.6 Å². The minimum absolute atomic E-state index is 0.142. The zero-order valence-electron chi connectivity index (χ0n) is 19.4. The molecule has 12 heteroatoms. The van der Waals surface area contributed by atoms with Gasteiger partial charge in [0.25, 0.3) is 10.0 Å². The molecule has 0 amide bonds. The van der Waals surface area contributed by atoms with Crippen LogP contribution >= 0.6 is 45.8 Å². The third-order valence-corrected chi connectivity index (χ3v) is 7.72. The summed E-state index contributed by atoms with van der Waals surface area (Å²) in [6.45, 7) is 4.59. The number of anilines is 1. The Morgan fingerprint density at radius 3 is 2.39 bits per heavy atom. The highest BCUT2D eigenvalue weighted by Crippen LogP contribution is 2.31. The summed E-state index contributed by atoms with van der Waals surface area (Å²) in [7, 11) is -4.23. The Hall–Kier alpha value is -2.41. The second-order valence-electron chi connectivity index (χ2n) is 8.83. The standard InChI is InChI=1S/C24H21Cl2IN4O4S/c1-24(2,3)35-23(32)13-31(36(33,34)19-10-16(25)9-17(26)11-19)18-4-5-20-15(8-18)6-7-30(20)22-12-21(27)28-14-29-22/h4-12,14H,13H2,1-3H3. The maximum absolute atomic E-state index is 13.7. The van der Waals surface area contributed by atoms with Crippen molar-refractivity contribution >= 4 is 78.4 Å². The normalized spacial score (nSPS) is 12.1. The maximum Gasteiger partial charge on any atom is 0.327 e. The van der Waals surface area contributed by atoms with Crippen LogP contribution in [0.15, 0.2) is 66.0 Å². The zero-order valence-corrected chi connectivity index (χ0v) is 23.9. The average molecular weight is 659 g/mol. The summed E-state index contributed by atoms with van der Waals surface area (Å²) in [5, 5.41) is 1.06. The number of rotatable bonds is 6. The maximum atomic E-state index is 13.7. The van der Waals surface area contributed by atoms with Gasteiger partial charge in [0, 0.05) is 27.7 Å². The summed E-state index contributed by atoms with van der Waals surface area (Å²) < 4.78 is 36.5. The summed E-state index contributed by atoms with van der Waals surface area (Å²) in [5.74, 6) is -0.0311. The monoisotopic (exact) mass is 658 g/mol. The van der Waals surface area contributed by atoms with Crippen molar-refractivity contribution in [2.24, 2.45) is 0 Å². The lowest BCUT2D eigenvalue weighted by molar-refractivity contribution is -0.152. The molecule has 2 aromatic carbocycles. The summed E-state index contributed by atoms with van der Waals surface area (Å²) in [4.78, 5) is 21.0. The van der Waals surface area contributed by atoms with Crippen LogP contribution in [0.1, 0.15) is 20.8 Å². The van der Waals surface area contributed by atoms with Gasteiger partial charge in [-0.1, -0.05) is 23.2 Å². The van der Waals surface area contributed by atoms with E-state index in [9.17, 15) is 13.2 Å². The molecule has 4 aromatic rings. The van der Waals surface area contributed by atoms with E-state index in [1.165, 1.54) is 24.5 Å². The number of sulfonamides is 1. The second kappa shape index (κ2) is 10.2. The lowest BCUT2D eigenvalue weighted by Gasteiger charge is -2.26. The van der Waals surface area contributed by atoms with Crippen LogP contribution in [0, 0.1) is 3.70 Å². The van der Waals surface area contributed by atoms with Gasteiger partial charge in [-0.2, -0.15) is 0 Å². The van der Waals surface area contributed by atoms with Gasteiger partial charge in [-0.15, -0.1) is 0 Å². The number of halogens is 3. The Kier molecular flexibility index (Phi) is 7.52. The molecule has 2 heterocycles. The molecule has 0 aliphatic rings. The van der Waals surface area contributed by atoms with Crippen LogP contribution in [0.2, 0.25) is 10.0 Å². The molecule has 188 valence electrons. The van der Waals surface area contributed by atoms with Gasteiger partial charge in [0.2, 0.25) is 0 Å². The van der Waals surface area contributed by atoms with Crippen molar-refractivity contribution in [2.75, 3.05) is 10.8 Å². The van der Waals surface area contributed by atoms with E-state index in [0.29, 0.717) is 5.82 Å². The number of esters is 1. The van der Waals surface area contributed by atoms with Gasteiger partial charge in [-0.25, -0.2) is 18.4 Å². The SMILES string of the molecule is CC(C)(C)OC(=O)CN(c1ccc2c(ccn2-c2cc(I)ncn2)c1)S(=O)(=O)c1cc(Cl)cc(Cl)c1. The second-order valence-corrected chi connectivity index (χ2v) is 12.7. The number of hydrogen-bond acceptors (Lipinski definition) is 6. The number of nitrogens with zero attached hydrogens (tertiary/aromatic N) is 4. The van der Waals surface area contributed by atoms with Gasteiger partial charge >= 0.3 is 5.97 Å². The lowest BCUT2D eigenvalue weighted by Crippen LogP contribution is -2.39. The molecule has 0 saturated carbocycles. The molecule has 2 aromatic heterocycles. The summed E-state index contributed by atoms with van der Waals surface area (Å²) in [6.07, 6.45) is 3.30. The van der Waals surface area contributed by atoms with Crippen LogP contribution in [0.25, 0.3) is 16.7 Å². The first-order chi connectivity index (χ1) is 16.8. The third-order valence-electron chi connectivity index (χ3n) is 4.94. The molecule has 0 fully saturated rings. The Labute approximate surface area is 232 Å². The van der Waals surface area contributed by atoms with Gasteiger partial charge in [-0.3, -0.25) is 9.10 Å². The molecule has 0 bridgehead atoms. The highest BCUT2D eigenvalue weighted by molar-refractivity contribution is 14.1. The minimum Gasteiger partial charge on any atom is -0.459 e. The van der Waals surface area contributed by atoms with Crippen LogP contribution in [0.4, 0.5) is 5.69 Å². The molecule has 36 heavy (non-hydrogen) atoms. The molecule has 0 spiro atoms. The predicted octanol–water partition coefficient (Wildman–Crippen LogP) is 5.87. The topological polar surface area (TPSA) is 94.4 Å². The number of aromatic nitrogens is 3. The summed E-state index contributed by atoms with van der Waals surface area (Å²) in [6, 6.07) is 12.8. The highest BCUT2D eigenvalue weighted by atomic mass is 127. The number of fused-ring (bicyclic) bond motifs is 1. The molecule has 0 atom stereocenters. The fourth-order valence-electron chi connectivity index (χ4n) is 3.55. The van der Waals surface area contributed by atoms with Crippen LogP contribution in [0.3, 0.4) is 0 Å². The van der Waals surface area contributed by atoms with Crippen molar-refractivity contribution in [1.82, 2.24) is 14.5 Å². The Morgan fingerprint density at radius 2 is 1.75 bits per heavy atom. The Bertz CT molecular complexity index is 1550. The minimum atomic E-state index is -4.23. The molecule has 0 aliphatic heterocycles. The van der Waals surface area contributed by atoms with Crippen LogP contribution < -0.4 is 4.31 Å². The Morgan fingerprint density at radius 1 is 1.06 bits per heavy atom. The van der Waals surface area contributed by atoms with Crippen molar-refractivity contribution in [3.8, 4) is 5.82 Å². The number of carbonyl (C=O) groups is 1. The first-order valence-electron chi connectivity index (χ1n) is 10.6.